The average Bonchev–Trinajstić information content (AvgIpc) is 3.41. The standard InChI is InChI=1S/C17H15.C9H7.C2H6Si.2ClH.Zr/c1-12-6-8-14(9-7-12)16-5-3-4-15-10-13(2)11-17(15)16;1-2-5-9-7-3-6-8(9)4-1;1-3-2;;;/h3-11H,1-2H3;1-7H;1-2H3;2*1H;/q2*-1;;;;+4/p-2. The van der Waals surface area contributed by atoms with Gasteiger partial charge in [0.25, 0.3) is 0 Å². The van der Waals surface area contributed by atoms with Crippen molar-refractivity contribution in [2.75, 3.05) is 0 Å². The van der Waals surface area contributed by atoms with Crippen molar-refractivity contribution in [1.29, 1.82) is 0 Å². The third kappa shape index (κ3) is 8.16. The van der Waals surface area contributed by atoms with Crippen molar-refractivity contribution in [3.63, 3.8) is 0 Å². The minimum atomic E-state index is -0.826. The molecule has 0 aliphatic heterocycles. The Morgan fingerprint density at radius 2 is 1.41 bits per heavy atom. The summed E-state index contributed by atoms with van der Waals surface area (Å²) in [6.07, 6.45) is 0. The summed E-state index contributed by atoms with van der Waals surface area (Å²) < 4.78 is 0. The number of benzene rings is 3. The molecule has 0 amide bonds. The van der Waals surface area contributed by atoms with Gasteiger partial charge in [0.05, 0.1) is 0 Å². The summed E-state index contributed by atoms with van der Waals surface area (Å²) in [6.45, 7) is 8.58. The van der Waals surface area contributed by atoms with Crippen LogP contribution in [0.1, 0.15) is 11.1 Å². The van der Waals surface area contributed by atoms with E-state index in [9.17, 15) is 0 Å². The number of halogens is 2. The molecule has 0 saturated carbocycles. The van der Waals surface area contributed by atoms with Crippen LogP contribution in [-0.2, 0) is 20.8 Å². The van der Waals surface area contributed by atoms with Crippen LogP contribution in [0.2, 0.25) is 13.1 Å². The minimum absolute atomic E-state index is 0.826. The molecule has 162 valence electrons. The van der Waals surface area contributed by atoms with E-state index in [1.807, 2.05) is 0 Å². The van der Waals surface area contributed by atoms with Gasteiger partial charge in [-0.25, -0.2) is 0 Å². The maximum absolute atomic E-state index is 4.93. The molecule has 32 heavy (non-hydrogen) atoms. The zero-order valence-electron chi connectivity index (χ0n) is 19.0. The minimum Gasteiger partial charge on any atom is -0.168 e. The molecule has 0 heterocycles. The Morgan fingerprint density at radius 3 is 2.06 bits per heavy atom. The molecule has 0 spiro atoms. The third-order valence-corrected chi connectivity index (χ3v) is 4.81. The first-order valence-electron chi connectivity index (χ1n) is 10.4. The Bertz CT molecular complexity index is 1160. The molecular weight excluding hydrogens is 527 g/mol. The van der Waals surface area contributed by atoms with Gasteiger partial charge in [0.15, 0.2) is 0 Å². The molecule has 0 aromatic heterocycles. The molecular formula is C28H28Cl2SiZr. The summed E-state index contributed by atoms with van der Waals surface area (Å²) in [5.41, 5.74) is 5.27. The predicted octanol–water partition coefficient (Wildman–Crippen LogP) is 9.56. The Kier molecular flexibility index (Phi) is 12.3. The van der Waals surface area contributed by atoms with Crippen LogP contribution in [-0.4, -0.2) is 9.52 Å². The van der Waals surface area contributed by atoms with Crippen LogP contribution in [0, 0.1) is 13.8 Å². The molecule has 0 fully saturated rings. The molecule has 2 radical (unpaired) electrons. The second-order valence-electron chi connectivity index (χ2n) is 7.43. The summed E-state index contributed by atoms with van der Waals surface area (Å²) in [5.74, 6) is 0. The van der Waals surface area contributed by atoms with Gasteiger partial charge in [-0.05, 0) is 12.5 Å². The van der Waals surface area contributed by atoms with Crippen molar-refractivity contribution in [1.82, 2.24) is 0 Å². The van der Waals surface area contributed by atoms with Crippen LogP contribution in [0.4, 0.5) is 0 Å². The molecule has 0 aliphatic rings. The van der Waals surface area contributed by atoms with Crippen LogP contribution in [0.3, 0.4) is 0 Å². The van der Waals surface area contributed by atoms with Gasteiger partial charge in [0.2, 0.25) is 0 Å². The Hall–Kier alpha value is -1.44. The van der Waals surface area contributed by atoms with E-state index in [1.165, 1.54) is 43.8 Å². The van der Waals surface area contributed by atoms with E-state index in [0.29, 0.717) is 0 Å². The average molecular weight is 555 g/mol. The molecule has 0 N–H and O–H groups in total. The van der Waals surface area contributed by atoms with Crippen LogP contribution >= 0.6 is 17.0 Å². The van der Waals surface area contributed by atoms with Gasteiger partial charge in [0, 0.05) is 9.52 Å². The van der Waals surface area contributed by atoms with Crippen LogP contribution in [0.15, 0.2) is 97.1 Å². The second-order valence-corrected chi connectivity index (χ2v) is 12.2. The Balaban J connectivity index is 0.000000202. The number of hydrogen-bond acceptors (Lipinski definition) is 0. The summed E-state index contributed by atoms with van der Waals surface area (Å²) >= 11 is -0.826. The summed E-state index contributed by atoms with van der Waals surface area (Å²) in [6, 6.07) is 34.4. The van der Waals surface area contributed by atoms with Crippen LogP contribution < -0.4 is 0 Å². The maximum Gasteiger partial charge on any atom is -0.0809 e. The first-order valence-corrected chi connectivity index (χ1v) is 18.7. The fourth-order valence-electron chi connectivity index (χ4n) is 3.44. The van der Waals surface area contributed by atoms with E-state index in [4.69, 9.17) is 17.0 Å². The quantitative estimate of drug-likeness (QED) is 0.143. The SMILES string of the molecule is C[Si]C.Cc1ccc(-c2cccc3[cH-]c(C)cc23)cc1.[Cl][Zr+2][Cl].c1ccc2[cH-]ccc2c1. The van der Waals surface area contributed by atoms with Gasteiger partial charge >= 0.3 is 37.9 Å². The monoisotopic (exact) mass is 552 g/mol. The fourth-order valence-corrected chi connectivity index (χ4v) is 3.44. The van der Waals surface area contributed by atoms with Gasteiger partial charge in [-0.1, -0.05) is 67.5 Å². The molecule has 0 saturated heterocycles. The van der Waals surface area contributed by atoms with Crippen molar-refractivity contribution in [3.8, 4) is 11.1 Å². The van der Waals surface area contributed by atoms with Gasteiger partial charge in [-0.15, -0.1) is 64.2 Å². The number of fused-ring (bicyclic) bond motifs is 2. The van der Waals surface area contributed by atoms with Gasteiger partial charge in [0.1, 0.15) is 0 Å². The van der Waals surface area contributed by atoms with Crippen molar-refractivity contribution in [2.45, 2.75) is 26.9 Å². The topological polar surface area (TPSA) is 0 Å². The maximum atomic E-state index is 4.93. The zero-order valence-corrected chi connectivity index (χ0v) is 24.0. The summed E-state index contributed by atoms with van der Waals surface area (Å²) in [4.78, 5) is 0. The van der Waals surface area contributed by atoms with Crippen LogP contribution in [0.25, 0.3) is 32.7 Å². The van der Waals surface area contributed by atoms with E-state index in [-0.39, 0.29) is 0 Å². The molecule has 0 aliphatic carbocycles. The molecule has 5 rings (SSSR count). The zero-order chi connectivity index (χ0) is 23.3. The third-order valence-electron chi connectivity index (χ3n) is 4.81. The van der Waals surface area contributed by atoms with Gasteiger partial charge in [-0.3, -0.25) is 0 Å². The Labute approximate surface area is 213 Å². The van der Waals surface area contributed by atoms with E-state index in [2.05, 4.69) is 124 Å². The molecule has 0 atom stereocenters. The fraction of sp³-hybridized carbons (Fsp3) is 0.143. The van der Waals surface area contributed by atoms with Gasteiger partial charge in [-0.2, -0.15) is 23.6 Å². The molecule has 0 unspecified atom stereocenters. The van der Waals surface area contributed by atoms with Crippen molar-refractivity contribution in [3.05, 3.63) is 108 Å². The predicted molar refractivity (Wildman–Crippen MR) is 143 cm³/mol. The van der Waals surface area contributed by atoms with E-state index in [1.54, 1.807) is 0 Å². The summed E-state index contributed by atoms with van der Waals surface area (Å²) in [7, 11) is 11.0. The van der Waals surface area contributed by atoms with Crippen molar-refractivity contribution < 1.29 is 20.8 Å². The first kappa shape index (κ1) is 26.8. The van der Waals surface area contributed by atoms with Gasteiger partial charge < -0.3 is 0 Å². The molecule has 0 nitrogen and oxygen atoms in total. The summed E-state index contributed by atoms with van der Waals surface area (Å²) in [5, 5.41) is 5.35. The normalized spacial score (nSPS) is 9.56. The Morgan fingerprint density at radius 1 is 0.781 bits per heavy atom. The first-order chi connectivity index (χ1) is 15.5. The van der Waals surface area contributed by atoms with Crippen molar-refractivity contribution in [2.24, 2.45) is 0 Å². The largest absolute Gasteiger partial charge is 0.168 e. The molecule has 4 heteroatoms. The number of aryl methyl sites for hydroxylation is 2. The second kappa shape index (κ2) is 14.7. The smallest absolute Gasteiger partial charge is 0.0809 e. The van der Waals surface area contributed by atoms with E-state index < -0.39 is 20.8 Å². The molecule has 0 bridgehead atoms. The van der Waals surface area contributed by atoms with E-state index >= 15 is 0 Å². The molecule has 5 aromatic carbocycles. The molecule has 5 aromatic rings. The number of hydrogen-bond donors (Lipinski definition) is 0. The van der Waals surface area contributed by atoms with Crippen molar-refractivity contribution >= 4 is 48.1 Å². The number of rotatable bonds is 1. The van der Waals surface area contributed by atoms with E-state index in [0.717, 1.165) is 9.52 Å². The van der Waals surface area contributed by atoms with Crippen LogP contribution in [0.5, 0.6) is 0 Å².